The smallest absolute Gasteiger partial charge is 0.259 e. The number of aromatic amines is 1. The van der Waals surface area contributed by atoms with E-state index in [-0.39, 0.29) is 5.91 Å². The van der Waals surface area contributed by atoms with Crippen LogP contribution in [0.25, 0.3) is 10.9 Å². The van der Waals surface area contributed by atoms with Crippen molar-refractivity contribution >= 4 is 33.3 Å². The fourth-order valence-corrected chi connectivity index (χ4v) is 3.44. The van der Waals surface area contributed by atoms with Crippen LogP contribution >= 0.6 is 11.3 Å². The Kier molecular flexibility index (Phi) is 2.98. The number of fused-ring (bicyclic) bond motifs is 2. The number of ether oxygens (including phenoxy) is 1. The van der Waals surface area contributed by atoms with Crippen molar-refractivity contribution in [2.45, 2.75) is 13.0 Å². The zero-order valence-corrected chi connectivity index (χ0v) is 12.0. The van der Waals surface area contributed by atoms with Crippen LogP contribution in [0.5, 0.6) is 0 Å². The van der Waals surface area contributed by atoms with Gasteiger partial charge in [-0.25, -0.2) is 4.98 Å². The highest BCUT2D eigenvalue weighted by atomic mass is 32.1. The maximum absolute atomic E-state index is 12.4. The van der Waals surface area contributed by atoms with E-state index in [1.807, 2.05) is 24.3 Å². The topological polar surface area (TPSA) is 67.0 Å². The number of thiazole rings is 1. The molecule has 0 saturated carbocycles. The van der Waals surface area contributed by atoms with E-state index in [2.05, 4.69) is 15.3 Å². The Labute approximate surface area is 125 Å². The van der Waals surface area contributed by atoms with Crippen LogP contribution in [0.3, 0.4) is 0 Å². The Balaban J connectivity index is 1.62. The third-order valence-corrected chi connectivity index (χ3v) is 4.54. The predicted octanol–water partition coefficient (Wildman–Crippen LogP) is 2.95. The number of carbonyl (C=O) groups excluding carboxylic acids is 1. The SMILES string of the molecule is O=C(Nc1nc2c(s1)COCC2)c1c[nH]c2ccccc12. The number of nitrogens with one attached hydrogen (secondary N) is 2. The number of hydrogen-bond acceptors (Lipinski definition) is 4. The number of benzene rings is 1. The van der Waals surface area contributed by atoms with Gasteiger partial charge in [-0.1, -0.05) is 29.5 Å². The molecule has 0 unspecified atom stereocenters. The molecule has 1 aromatic carbocycles. The molecule has 4 rings (SSSR count). The third-order valence-electron chi connectivity index (χ3n) is 3.55. The molecule has 1 aliphatic rings. The van der Waals surface area contributed by atoms with Gasteiger partial charge in [-0.3, -0.25) is 10.1 Å². The van der Waals surface area contributed by atoms with Crippen molar-refractivity contribution in [3.8, 4) is 0 Å². The van der Waals surface area contributed by atoms with Crippen molar-refractivity contribution in [3.05, 3.63) is 46.6 Å². The maximum Gasteiger partial charge on any atom is 0.259 e. The Morgan fingerprint density at radius 3 is 3.19 bits per heavy atom. The molecule has 5 nitrogen and oxygen atoms in total. The molecular weight excluding hydrogens is 286 g/mol. The van der Waals surface area contributed by atoms with Gasteiger partial charge in [0.15, 0.2) is 5.13 Å². The van der Waals surface area contributed by atoms with Crippen LogP contribution in [0.1, 0.15) is 20.9 Å². The summed E-state index contributed by atoms with van der Waals surface area (Å²) in [5.74, 6) is -0.139. The molecule has 0 fully saturated rings. The number of H-pyrrole nitrogens is 1. The number of anilines is 1. The molecule has 2 aromatic heterocycles. The lowest BCUT2D eigenvalue weighted by atomic mass is 10.2. The minimum atomic E-state index is -0.139. The molecule has 106 valence electrons. The number of carbonyl (C=O) groups is 1. The number of nitrogens with zero attached hydrogens (tertiary/aromatic N) is 1. The second-order valence-corrected chi connectivity index (χ2v) is 5.98. The average Bonchev–Trinajstić information content (AvgIpc) is 3.10. The van der Waals surface area contributed by atoms with Crippen LogP contribution in [0.4, 0.5) is 5.13 Å². The first-order valence-electron chi connectivity index (χ1n) is 6.75. The first-order chi connectivity index (χ1) is 10.3. The largest absolute Gasteiger partial charge is 0.375 e. The van der Waals surface area contributed by atoms with Gasteiger partial charge < -0.3 is 9.72 Å². The molecule has 0 saturated heterocycles. The fourth-order valence-electron chi connectivity index (χ4n) is 2.50. The van der Waals surface area contributed by atoms with Gasteiger partial charge in [-0.05, 0) is 6.07 Å². The van der Waals surface area contributed by atoms with Crippen LogP contribution in [0, 0.1) is 0 Å². The number of para-hydroxylation sites is 1. The van der Waals surface area contributed by atoms with E-state index in [1.54, 1.807) is 6.20 Å². The van der Waals surface area contributed by atoms with Crippen LogP contribution in [-0.2, 0) is 17.8 Å². The molecular formula is C15H13N3O2S. The third kappa shape index (κ3) is 2.22. The normalized spacial score (nSPS) is 14.1. The van der Waals surface area contributed by atoms with Gasteiger partial charge in [0.1, 0.15) is 0 Å². The monoisotopic (exact) mass is 299 g/mol. The van der Waals surface area contributed by atoms with Gasteiger partial charge in [-0.2, -0.15) is 0 Å². The van der Waals surface area contributed by atoms with E-state index < -0.39 is 0 Å². The number of amides is 1. The average molecular weight is 299 g/mol. The van der Waals surface area contributed by atoms with Crippen molar-refractivity contribution in [3.63, 3.8) is 0 Å². The van der Waals surface area contributed by atoms with Crippen molar-refractivity contribution in [2.24, 2.45) is 0 Å². The lowest BCUT2D eigenvalue weighted by Gasteiger charge is -2.08. The lowest BCUT2D eigenvalue weighted by Crippen LogP contribution is -2.11. The molecule has 21 heavy (non-hydrogen) atoms. The number of rotatable bonds is 2. The summed E-state index contributed by atoms with van der Waals surface area (Å²) in [6, 6.07) is 7.74. The molecule has 0 bridgehead atoms. The van der Waals surface area contributed by atoms with E-state index in [4.69, 9.17) is 4.74 Å². The molecule has 2 N–H and O–H groups in total. The summed E-state index contributed by atoms with van der Waals surface area (Å²) in [5, 5.41) is 4.44. The van der Waals surface area contributed by atoms with Crippen molar-refractivity contribution in [1.82, 2.24) is 9.97 Å². The Hall–Kier alpha value is -2.18. The van der Waals surface area contributed by atoms with E-state index in [0.29, 0.717) is 23.9 Å². The summed E-state index contributed by atoms with van der Waals surface area (Å²) < 4.78 is 5.40. The molecule has 1 amide bonds. The number of hydrogen-bond donors (Lipinski definition) is 2. The molecule has 6 heteroatoms. The fraction of sp³-hybridized carbons (Fsp3) is 0.200. The van der Waals surface area contributed by atoms with Crippen molar-refractivity contribution in [2.75, 3.05) is 11.9 Å². The minimum Gasteiger partial charge on any atom is -0.375 e. The summed E-state index contributed by atoms with van der Waals surface area (Å²) >= 11 is 1.49. The van der Waals surface area contributed by atoms with Crippen LogP contribution in [-0.4, -0.2) is 22.5 Å². The molecule has 0 atom stereocenters. The maximum atomic E-state index is 12.4. The predicted molar refractivity (Wildman–Crippen MR) is 81.7 cm³/mol. The molecule has 0 spiro atoms. The van der Waals surface area contributed by atoms with E-state index in [0.717, 1.165) is 27.9 Å². The van der Waals surface area contributed by atoms with Crippen molar-refractivity contribution in [1.29, 1.82) is 0 Å². The number of aromatic nitrogens is 2. The molecule has 3 heterocycles. The van der Waals surface area contributed by atoms with E-state index >= 15 is 0 Å². The highest BCUT2D eigenvalue weighted by molar-refractivity contribution is 7.15. The molecule has 3 aromatic rings. The summed E-state index contributed by atoms with van der Waals surface area (Å²) in [4.78, 5) is 21.1. The zero-order chi connectivity index (χ0) is 14.2. The van der Waals surface area contributed by atoms with Crippen LogP contribution in [0.15, 0.2) is 30.5 Å². The summed E-state index contributed by atoms with van der Waals surface area (Å²) in [5.41, 5.74) is 2.63. The minimum absolute atomic E-state index is 0.139. The second kappa shape index (κ2) is 4.98. The highest BCUT2D eigenvalue weighted by Crippen LogP contribution is 2.28. The van der Waals surface area contributed by atoms with E-state index in [9.17, 15) is 4.79 Å². The highest BCUT2D eigenvalue weighted by Gasteiger charge is 2.18. The Bertz CT molecular complexity index is 798. The summed E-state index contributed by atoms with van der Waals surface area (Å²) in [7, 11) is 0. The molecule has 1 aliphatic heterocycles. The van der Waals surface area contributed by atoms with Gasteiger partial charge in [0.05, 0.1) is 29.3 Å². The van der Waals surface area contributed by atoms with Crippen LogP contribution < -0.4 is 5.32 Å². The Morgan fingerprint density at radius 1 is 1.38 bits per heavy atom. The summed E-state index contributed by atoms with van der Waals surface area (Å²) in [6.07, 6.45) is 2.55. The van der Waals surface area contributed by atoms with Gasteiger partial charge in [0.2, 0.25) is 0 Å². The zero-order valence-electron chi connectivity index (χ0n) is 11.2. The van der Waals surface area contributed by atoms with Crippen LogP contribution in [0.2, 0.25) is 0 Å². The molecule has 0 radical (unpaired) electrons. The first kappa shape index (κ1) is 12.6. The Morgan fingerprint density at radius 2 is 2.29 bits per heavy atom. The van der Waals surface area contributed by atoms with Gasteiger partial charge in [-0.15, -0.1) is 0 Å². The quantitative estimate of drug-likeness (QED) is 0.764. The second-order valence-electron chi connectivity index (χ2n) is 4.89. The van der Waals surface area contributed by atoms with Gasteiger partial charge >= 0.3 is 0 Å². The van der Waals surface area contributed by atoms with Gasteiger partial charge in [0, 0.05) is 23.5 Å². The van der Waals surface area contributed by atoms with E-state index in [1.165, 1.54) is 11.3 Å². The van der Waals surface area contributed by atoms with Gasteiger partial charge in [0.25, 0.3) is 5.91 Å². The first-order valence-corrected chi connectivity index (χ1v) is 7.57. The van der Waals surface area contributed by atoms with Crippen molar-refractivity contribution < 1.29 is 9.53 Å². The lowest BCUT2D eigenvalue weighted by molar-refractivity contribution is 0.102. The standard InChI is InChI=1S/C15H13N3O2S/c19-14(10-7-16-11-4-2-1-3-9(10)11)18-15-17-12-5-6-20-8-13(12)21-15/h1-4,7,16H,5-6,8H2,(H,17,18,19). The molecule has 0 aliphatic carbocycles. The summed E-state index contributed by atoms with van der Waals surface area (Å²) in [6.45, 7) is 1.29.